The number of rotatable bonds is 49. The summed E-state index contributed by atoms with van der Waals surface area (Å²) in [5, 5.41) is 31.5. The number of carbonyl (C=O) groups is 4. The number of unbranched alkanes of at least 4 members (excludes halogenated alkanes) is 21. The molecule has 0 aromatic rings. The van der Waals surface area contributed by atoms with E-state index in [1.165, 1.54) is 38.5 Å². The fourth-order valence-electron chi connectivity index (χ4n) is 8.39. The van der Waals surface area contributed by atoms with E-state index >= 15 is 0 Å². The predicted octanol–water partition coefficient (Wildman–Crippen LogP) is 15.1. The SMILES string of the molecule is CC/C=C\C/C=C\C/C=C\CCCCCCCC(=O)OC1C(OCC(COC(=O)CCCCCCCCC/C=C\C/C=C\CCCCC)OC(=O)CCCCCCC/C=C\C/C=C\CCC)OC(C(=O)O)C(O)C1O. The maximum absolute atomic E-state index is 13.1. The van der Waals surface area contributed by atoms with Crippen LogP contribution in [0.4, 0.5) is 0 Å². The molecule has 1 fully saturated rings. The van der Waals surface area contributed by atoms with Gasteiger partial charge in [-0.15, -0.1) is 0 Å². The van der Waals surface area contributed by atoms with Gasteiger partial charge in [-0.25, -0.2) is 4.79 Å². The van der Waals surface area contributed by atoms with Gasteiger partial charge in [0.25, 0.3) is 0 Å². The van der Waals surface area contributed by atoms with Gasteiger partial charge in [0.15, 0.2) is 24.6 Å². The van der Waals surface area contributed by atoms with Crippen molar-refractivity contribution in [2.45, 2.75) is 276 Å². The maximum Gasteiger partial charge on any atom is 0.335 e. The van der Waals surface area contributed by atoms with Crippen molar-refractivity contribution in [2.75, 3.05) is 13.2 Å². The van der Waals surface area contributed by atoms with E-state index < -0.39 is 67.3 Å². The van der Waals surface area contributed by atoms with Crippen molar-refractivity contribution in [3.05, 3.63) is 85.1 Å². The lowest BCUT2D eigenvalue weighted by atomic mass is 9.98. The van der Waals surface area contributed by atoms with Crippen LogP contribution in [0.5, 0.6) is 0 Å². The van der Waals surface area contributed by atoms with Gasteiger partial charge in [0.05, 0.1) is 6.61 Å². The number of carbonyl (C=O) groups excluding carboxylic acids is 3. The summed E-state index contributed by atoms with van der Waals surface area (Å²) in [7, 11) is 0. The molecule has 428 valence electrons. The number of carboxylic acids is 1. The average molecular weight is 1050 g/mol. The number of aliphatic hydroxyl groups excluding tert-OH is 2. The molecule has 12 nitrogen and oxygen atoms in total. The van der Waals surface area contributed by atoms with Crippen molar-refractivity contribution in [1.82, 2.24) is 0 Å². The molecule has 12 heteroatoms. The molecule has 0 amide bonds. The van der Waals surface area contributed by atoms with Gasteiger partial charge >= 0.3 is 23.9 Å². The summed E-state index contributed by atoms with van der Waals surface area (Å²) in [6.07, 6.45) is 52.6. The first-order chi connectivity index (χ1) is 36.6. The van der Waals surface area contributed by atoms with E-state index in [1.807, 2.05) is 0 Å². The molecule has 75 heavy (non-hydrogen) atoms. The molecule has 1 aliphatic heterocycles. The molecule has 0 saturated carbocycles. The van der Waals surface area contributed by atoms with Gasteiger partial charge in [0, 0.05) is 19.3 Å². The molecule has 6 atom stereocenters. The first-order valence-corrected chi connectivity index (χ1v) is 29.6. The summed E-state index contributed by atoms with van der Waals surface area (Å²) in [4.78, 5) is 51.1. The van der Waals surface area contributed by atoms with Crippen LogP contribution in [0.15, 0.2) is 85.1 Å². The summed E-state index contributed by atoms with van der Waals surface area (Å²) < 4.78 is 28.4. The highest BCUT2D eigenvalue weighted by Gasteiger charge is 2.50. The number of allylic oxidation sites excluding steroid dienone is 14. The second-order valence-electron chi connectivity index (χ2n) is 19.9. The van der Waals surface area contributed by atoms with Gasteiger partial charge in [-0.3, -0.25) is 14.4 Å². The lowest BCUT2D eigenvalue weighted by molar-refractivity contribution is -0.301. The van der Waals surface area contributed by atoms with Crippen molar-refractivity contribution in [1.29, 1.82) is 0 Å². The minimum Gasteiger partial charge on any atom is -0.479 e. The quantitative estimate of drug-likeness (QED) is 0.0228. The molecule has 1 saturated heterocycles. The van der Waals surface area contributed by atoms with E-state index in [0.29, 0.717) is 19.3 Å². The topological polar surface area (TPSA) is 175 Å². The Morgan fingerprint density at radius 2 is 0.867 bits per heavy atom. The summed E-state index contributed by atoms with van der Waals surface area (Å²) in [6.45, 7) is 5.76. The Bertz CT molecular complexity index is 1630. The first-order valence-electron chi connectivity index (χ1n) is 29.6. The third kappa shape index (κ3) is 40.8. The fraction of sp³-hybridized carbons (Fsp3) is 0.714. The zero-order valence-corrected chi connectivity index (χ0v) is 47.0. The summed E-state index contributed by atoms with van der Waals surface area (Å²) in [6, 6.07) is 0. The van der Waals surface area contributed by atoms with Gasteiger partial charge in [-0.1, -0.05) is 196 Å². The molecule has 1 aliphatic rings. The van der Waals surface area contributed by atoms with Crippen molar-refractivity contribution in [3.8, 4) is 0 Å². The fourth-order valence-corrected chi connectivity index (χ4v) is 8.39. The molecule has 3 N–H and O–H groups in total. The third-order valence-electron chi connectivity index (χ3n) is 12.9. The molecule has 0 spiro atoms. The van der Waals surface area contributed by atoms with Crippen LogP contribution in [0.25, 0.3) is 0 Å². The van der Waals surface area contributed by atoms with E-state index in [-0.39, 0.29) is 25.9 Å². The van der Waals surface area contributed by atoms with E-state index in [0.717, 1.165) is 141 Å². The van der Waals surface area contributed by atoms with Gasteiger partial charge in [0.1, 0.15) is 18.8 Å². The Hall–Kier alpha value is -4.10. The zero-order chi connectivity index (χ0) is 54.7. The Morgan fingerprint density at radius 1 is 0.453 bits per heavy atom. The van der Waals surface area contributed by atoms with Gasteiger partial charge in [-0.05, 0) is 109 Å². The number of aliphatic hydroxyl groups is 2. The number of carboxylic acid groups (broad SMARTS) is 1. The summed E-state index contributed by atoms with van der Waals surface area (Å²) in [5.74, 6) is -3.17. The second-order valence-corrected chi connectivity index (χ2v) is 19.9. The molecular formula is C63H104O12. The molecular weight excluding hydrogens is 949 g/mol. The minimum absolute atomic E-state index is 0.0356. The standard InChI is InChI=1S/C63H104O12/c1-4-7-10-13-16-19-22-25-27-28-30-32-34-37-40-43-46-49-55(64)71-52-54(73-56(65)50-47-44-41-38-35-31-24-21-18-15-12-9-6-3)53-72-63-61(59(68)58(67)60(75-63)62(69)70)74-57(66)51-48-45-42-39-36-33-29-26-23-20-17-14-11-8-5-2/h8,11-12,15-17,19-21,24-27,29,54,58-61,63,67-68H,4-7,9-10,13-14,18,22-23,28,30-53H2,1-3H3,(H,69,70)/b11-8-,15-12-,19-16-,20-17-,24-21-,27-25-,29-26-. The van der Waals surface area contributed by atoms with Gasteiger partial charge in [-0.2, -0.15) is 0 Å². The molecule has 0 aromatic heterocycles. The van der Waals surface area contributed by atoms with Crippen LogP contribution >= 0.6 is 0 Å². The lowest BCUT2D eigenvalue weighted by Gasteiger charge is -2.40. The highest BCUT2D eigenvalue weighted by Crippen LogP contribution is 2.26. The third-order valence-corrected chi connectivity index (χ3v) is 12.9. The van der Waals surface area contributed by atoms with Crippen molar-refractivity contribution in [2.24, 2.45) is 0 Å². The van der Waals surface area contributed by atoms with Crippen LogP contribution in [0.3, 0.4) is 0 Å². The lowest BCUT2D eigenvalue weighted by Crippen LogP contribution is -2.61. The van der Waals surface area contributed by atoms with Crippen molar-refractivity contribution >= 4 is 23.9 Å². The van der Waals surface area contributed by atoms with Crippen LogP contribution in [0.2, 0.25) is 0 Å². The Labute approximate surface area is 454 Å². The van der Waals surface area contributed by atoms with Crippen LogP contribution in [0, 0.1) is 0 Å². The van der Waals surface area contributed by atoms with Crippen LogP contribution in [-0.2, 0) is 42.9 Å². The first kappa shape index (κ1) is 68.9. The zero-order valence-electron chi connectivity index (χ0n) is 47.0. The minimum atomic E-state index is -1.92. The van der Waals surface area contributed by atoms with E-state index in [2.05, 4.69) is 106 Å². The summed E-state index contributed by atoms with van der Waals surface area (Å²) in [5.41, 5.74) is 0. The number of hydrogen-bond donors (Lipinski definition) is 3. The highest BCUT2D eigenvalue weighted by molar-refractivity contribution is 5.74. The Balaban J connectivity index is 2.71. The molecule has 0 aromatic carbocycles. The predicted molar refractivity (Wildman–Crippen MR) is 303 cm³/mol. The van der Waals surface area contributed by atoms with Crippen LogP contribution in [0.1, 0.15) is 239 Å². The molecule has 0 bridgehead atoms. The van der Waals surface area contributed by atoms with Crippen LogP contribution in [-0.4, -0.2) is 89.2 Å². The summed E-state index contributed by atoms with van der Waals surface area (Å²) >= 11 is 0. The Kier molecular flexibility index (Phi) is 46.6. The Morgan fingerprint density at radius 3 is 1.33 bits per heavy atom. The molecule has 6 unspecified atom stereocenters. The van der Waals surface area contributed by atoms with Crippen molar-refractivity contribution < 1.29 is 58.2 Å². The normalized spacial score (nSPS) is 18.8. The van der Waals surface area contributed by atoms with E-state index in [1.54, 1.807) is 0 Å². The largest absolute Gasteiger partial charge is 0.479 e. The smallest absolute Gasteiger partial charge is 0.335 e. The van der Waals surface area contributed by atoms with Crippen LogP contribution < -0.4 is 0 Å². The molecule has 1 heterocycles. The average Bonchev–Trinajstić information content (AvgIpc) is 3.39. The van der Waals surface area contributed by atoms with Gasteiger partial charge in [0.2, 0.25) is 0 Å². The number of ether oxygens (including phenoxy) is 5. The van der Waals surface area contributed by atoms with E-state index in [4.69, 9.17) is 23.7 Å². The van der Waals surface area contributed by atoms with Crippen molar-refractivity contribution in [3.63, 3.8) is 0 Å². The number of aliphatic carboxylic acids is 1. The van der Waals surface area contributed by atoms with Gasteiger partial charge < -0.3 is 39.0 Å². The monoisotopic (exact) mass is 1050 g/mol. The number of esters is 3. The molecule has 1 rings (SSSR count). The number of hydrogen-bond acceptors (Lipinski definition) is 11. The molecule has 0 aliphatic carbocycles. The second kappa shape index (κ2) is 50.7. The van der Waals surface area contributed by atoms with E-state index in [9.17, 15) is 34.5 Å². The highest BCUT2D eigenvalue weighted by atomic mass is 16.7. The maximum atomic E-state index is 13.1. The molecule has 0 radical (unpaired) electrons.